The quantitative estimate of drug-likeness (QED) is 0.678. The molecule has 3 heteroatoms. The second kappa shape index (κ2) is 2.98. The van der Waals surface area contributed by atoms with Crippen LogP contribution in [0.3, 0.4) is 0 Å². The molecule has 0 spiro atoms. The fourth-order valence-electron chi connectivity index (χ4n) is 3.37. The SMILES string of the molecule is O=S1[C@H]2[C@H]([C@@H]3C=C[C@H]2C3)N1c1ccccc1. The molecule has 5 atom stereocenters. The summed E-state index contributed by atoms with van der Waals surface area (Å²) in [4.78, 5) is 0. The predicted molar refractivity (Wildman–Crippen MR) is 65.4 cm³/mol. The van der Waals surface area contributed by atoms with E-state index in [4.69, 9.17) is 0 Å². The summed E-state index contributed by atoms with van der Waals surface area (Å²) in [6.45, 7) is 0. The molecule has 2 fully saturated rings. The van der Waals surface area contributed by atoms with E-state index in [-0.39, 0.29) is 0 Å². The average Bonchev–Trinajstić information content (AvgIpc) is 2.87. The molecule has 2 aliphatic carbocycles. The molecule has 0 amide bonds. The molecule has 0 N–H and O–H groups in total. The number of fused-ring (bicyclic) bond motifs is 5. The van der Waals surface area contributed by atoms with Crippen molar-refractivity contribution >= 4 is 16.7 Å². The molecule has 3 aliphatic rings. The second-order valence-corrected chi connectivity index (χ2v) is 6.33. The van der Waals surface area contributed by atoms with Crippen LogP contribution in [0, 0.1) is 11.8 Å². The first-order chi connectivity index (χ1) is 7.86. The van der Waals surface area contributed by atoms with E-state index in [0.29, 0.717) is 23.1 Å². The van der Waals surface area contributed by atoms with Gasteiger partial charge in [0.05, 0.1) is 11.3 Å². The Morgan fingerprint density at radius 2 is 1.88 bits per heavy atom. The first-order valence-electron chi connectivity index (χ1n) is 5.79. The van der Waals surface area contributed by atoms with Crippen LogP contribution in [0.2, 0.25) is 0 Å². The lowest BCUT2D eigenvalue weighted by Crippen LogP contribution is -2.62. The molecule has 1 aliphatic heterocycles. The van der Waals surface area contributed by atoms with Gasteiger partial charge in [-0.2, -0.15) is 0 Å². The molecule has 0 radical (unpaired) electrons. The van der Waals surface area contributed by atoms with Gasteiger partial charge in [-0.3, -0.25) is 4.31 Å². The molecule has 1 heterocycles. The third-order valence-electron chi connectivity index (χ3n) is 4.06. The topological polar surface area (TPSA) is 20.3 Å². The van der Waals surface area contributed by atoms with Gasteiger partial charge in [-0.15, -0.1) is 0 Å². The number of benzene rings is 1. The van der Waals surface area contributed by atoms with Crippen LogP contribution < -0.4 is 4.31 Å². The summed E-state index contributed by atoms with van der Waals surface area (Å²) in [7, 11) is -0.804. The van der Waals surface area contributed by atoms with Crippen LogP contribution in [0.5, 0.6) is 0 Å². The van der Waals surface area contributed by atoms with Gasteiger partial charge in [-0.05, 0) is 24.5 Å². The van der Waals surface area contributed by atoms with Gasteiger partial charge in [0.1, 0.15) is 11.0 Å². The van der Waals surface area contributed by atoms with Crippen molar-refractivity contribution in [1.29, 1.82) is 0 Å². The second-order valence-electron chi connectivity index (χ2n) is 4.84. The zero-order valence-corrected chi connectivity index (χ0v) is 9.64. The Balaban J connectivity index is 1.73. The van der Waals surface area contributed by atoms with E-state index in [1.807, 2.05) is 18.2 Å². The van der Waals surface area contributed by atoms with Crippen molar-refractivity contribution < 1.29 is 4.21 Å². The van der Waals surface area contributed by atoms with Gasteiger partial charge in [0.15, 0.2) is 0 Å². The van der Waals surface area contributed by atoms with Gasteiger partial charge in [0.2, 0.25) is 0 Å². The lowest BCUT2D eigenvalue weighted by Gasteiger charge is -2.48. The Bertz CT molecular complexity index is 484. The highest BCUT2D eigenvalue weighted by molar-refractivity contribution is 7.88. The number of anilines is 1. The van der Waals surface area contributed by atoms with Gasteiger partial charge >= 0.3 is 0 Å². The van der Waals surface area contributed by atoms with Gasteiger partial charge in [-0.1, -0.05) is 30.4 Å². The molecule has 1 aromatic rings. The molecule has 2 nitrogen and oxygen atoms in total. The van der Waals surface area contributed by atoms with Crippen molar-refractivity contribution in [2.75, 3.05) is 4.31 Å². The Morgan fingerprint density at radius 3 is 2.69 bits per heavy atom. The smallest absolute Gasteiger partial charge is 0.126 e. The van der Waals surface area contributed by atoms with Crippen LogP contribution in [-0.4, -0.2) is 15.5 Å². The minimum Gasteiger partial charge on any atom is -0.287 e. The molecular weight excluding hydrogens is 218 g/mol. The Hall–Kier alpha value is -1.09. The monoisotopic (exact) mass is 231 g/mol. The summed E-state index contributed by atoms with van der Waals surface area (Å²) >= 11 is 0. The standard InChI is InChI=1S/C13H13NOS/c15-16-13-10-7-6-9(8-10)12(13)14(16)11-4-2-1-3-5-11/h1-7,9-10,12-13H,8H2/t9-,10+,12+,13-,16?/m1/s1. The van der Waals surface area contributed by atoms with Crippen LogP contribution in [0.25, 0.3) is 0 Å². The van der Waals surface area contributed by atoms with Crippen LogP contribution in [0.15, 0.2) is 42.5 Å². The summed E-state index contributed by atoms with van der Waals surface area (Å²) in [5, 5.41) is 0.398. The Morgan fingerprint density at radius 1 is 1.12 bits per heavy atom. The average molecular weight is 231 g/mol. The van der Waals surface area contributed by atoms with Crippen LogP contribution in [0.4, 0.5) is 5.69 Å². The van der Waals surface area contributed by atoms with Crippen molar-refractivity contribution in [3.8, 4) is 0 Å². The molecule has 16 heavy (non-hydrogen) atoms. The predicted octanol–water partition coefficient (Wildman–Crippen LogP) is 2.11. The Kier molecular flexibility index (Phi) is 1.67. The zero-order chi connectivity index (χ0) is 10.7. The van der Waals surface area contributed by atoms with E-state index < -0.39 is 11.0 Å². The summed E-state index contributed by atoms with van der Waals surface area (Å²) in [5.41, 5.74) is 1.11. The lowest BCUT2D eigenvalue weighted by atomic mass is 10.00. The lowest BCUT2D eigenvalue weighted by molar-refractivity contribution is 0.521. The molecule has 1 saturated heterocycles. The van der Waals surface area contributed by atoms with E-state index in [0.717, 1.165) is 5.69 Å². The van der Waals surface area contributed by atoms with Crippen molar-refractivity contribution in [3.63, 3.8) is 0 Å². The zero-order valence-electron chi connectivity index (χ0n) is 8.82. The minimum absolute atomic E-state index is 0.398. The van der Waals surface area contributed by atoms with E-state index in [1.165, 1.54) is 6.42 Å². The molecule has 0 aromatic heterocycles. The van der Waals surface area contributed by atoms with Crippen molar-refractivity contribution in [3.05, 3.63) is 42.5 Å². The van der Waals surface area contributed by atoms with Crippen molar-refractivity contribution in [2.45, 2.75) is 17.7 Å². The summed E-state index contributed by atoms with van der Waals surface area (Å²) in [5.74, 6) is 1.21. The third-order valence-corrected chi connectivity index (χ3v) is 5.99. The largest absolute Gasteiger partial charge is 0.287 e. The van der Waals surface area contributed by atoms with E-state index >= 15 is 0 Å². The first-order valence-corrected chi connectivity index (χ1v) is 6.96. The molecule has 1 unspecified atom stereocenters. The summed E-state index contributed by atoms with van der Waals surface area (Å²) in [6.07, 6.45) is 5.80. The fraction of sp³-hybridized carbons (Fsp3) is 0.385. The van der Waals surface area contributed by atoms with Crippen molar-refractivity contribution in [1.82, 2.24) is 0 Å². The van der Waals surface area contributed by atoms with Crippen LogP contribution in [0.1, 0.15) is 6.42 Å². The minimum atomic E-state index is -0.804. The highest BCUT2D eigenvalue weighted by Gasteiger charge is 2.59. The summed E-state index contributed by atoms with van der Waals surface area (Å²) < 4.78 is 14.3. The maximum Gasteiger partial charge on any atom is 0.126 e. The highest BCUT2D eigenvalue weighted by Crippen LogP contribution is 2.52. The van der Waals surface area contributed by atoms with E-state index in [2.05, 4.69) is 28.6 Å². The van der Waals surface area contributed by atoms with Crippen molar-refractivity contribution in [2.24, 2.45) is 11.8 Å². The third kappa shape index (κ3) is 0.950. The number of allylic oxidation sites excluding steroid dienone is 1. The molecular formula is C13H13NOS. The molecule has 1 aromatic carbocycles. The fourth-order valence-corrected chi connectivity index (χ4v) is 5.35. The maximum absolute atomic E-state index is 12.2. The van der Waals surface area contributed by atoms with E-state index in [9.17, 15) is 4.21 Å². The first kappa shape index (κ1) is 8.99. The number of hydrogen-bond acceptors (Lipinski definition) is 1. The Labute approximate surface area is 97.5 Å². The number of para-hydroxylation sites is 1. The highest BCUT2D eigenvalue weighted by atomic mass is 32.2. The van der Waals surface area contributed by atoms with Gasteiger partial charge in [0.25, 0.3) is 0 Å². The normalized spacial score (nSPS) is 43.2. The number of rotatable bonds is 1. The van der Waals surface area contributed by atoms with Gasteiger partial charge in [-0.25, -0.2) is 4.21 Å². The number of nitrogens with zero attached hydrogens (tertiary/aromatic N) is 1. The van der Waals surface area contributed by atoms with E-state index in [1.54, 1.807) is 0 Å². The molecule has 2 bridgehead atoms. The molecule has 4 rings (SSSR count). The number of hydrogen-bond donors (Lipinski definition) is 0. The van der Waals surface area contributed by atoms with Crippen LogP contribution >= 0.6 is 0 Å². The van der Waals surface area contributed by atoms with Gasteiger partial charge in [0, 0.05) is 11.6 Å². The molecule has 82 valence electrons. The molecule has 1 saturated carbocycles. The maximum atomic E-state index is 12.2. The van der Waals surface area contributed by atoms with Crippen LogP contribution in [-0.2, 0) is 11.0 Å². The summed E-state index contributed by atoms with van der Waals surface area (Å²) in [6, 6.07) is 10.7. The van der Waals surface area contributed by atoms with Gasteiger partial charge < -0.3 is 0 Å².